The van der Waals surface area contributed by atoms with Crippen molar-refractivity contribution in [1.82, 2.24) is 5.32 Å². The number of nitrogens with one attached hydrogen (secondary N) is 2. The molecule has 2 amide bonds. The Hall–Kier alpha value is -3.98. The number of ketones is 1. The average Bonchev–Trinajstić information content (AvgIpc) is 2.89. The molecule has 0 aliphatic heterocycles. The summed E-state index contributed by atoms with van der Waals surface area (Å²) in [6, 6.07) is 18.8. The lowest BCUT2D eigenvalue weighted by Gasteiger charge is -2.23. The van der Waals surface area contributed by atoms with Crippen molar-refractivity contribution in [2.24, 2.45) is 5.73 Å². The molecule has 0 radical (unpaired) electrons. The van der Waals surface area contributed by atoms with Crippen LogP contribution in [0.4, 0.5) is 5.69 Å². The zero-order valence-electron chi connectivity index (χ0n) is 20.3. The number of amides is 2. The summed E-state index contributed by atoms with van der Waals surface area (Å²) in [5.41, 5.74) is 6.36. The molecule has 1 aliphatic carbocycles. The molecule has 0 atom stereocenters. The minimum absolute atomic E-state index is 0.0506. The van der Waals surface area contributed by atoms with Gasteiger partial charge in [-0.05, 0) is 48.7 Å². The molecule has 0 bridgehead atoms. The van der Waals surface area contributed by atoms with E-state index in [1.54, 1.807) is 48.5 Å². The van der Waals surface area contributed by atoms with Gasteiger partial charge in [-0.25, -0.2) is 8.42 Å². The second-order valence-corrected chi connectivity index (χ2v) is 10.8. The maximum Gasteiger partial charge on any atom is 0.262 e. The van der Waals surface area contributed by atoms with Gasteiger partial charge in [-0.3, -0.25) is 19.1 Å². The molecule has 0 heterocycles. The van der Waals surface area contributed by atoms with Crippen LogP contribution in [0.1, 0.15) is 63.9 Å². The average molecular weight is 520 g/mol. The molecule has 192 valence electrons. The predicted octanol–water partition coefficient (Wildman–Crippen LogP) is 3.81. The van der Waals surface area contributed by atoms with E-state index in [-0.39, 0.29) is 51.4 Å². The smallest absolute Gasteiger partial charge is 0.262 e. The summed E-state index contributed by atoms with van der Waals surface area (Å²) in [6.07, 6.45) is 4.73. The third-order valence-corrected chi connectivity index (χ3v) is 7.87. The molecule has 0 spiro atoms. The Bertz CT molecular complexity index is 1410. The lowest BCUT2D eigenvalue weighted by Crippen LogP contribution is -2.37. The number of hydrogen-bond donors (Lipinski definition) is 3. The molecule has 4 rings (SSSR count). The standard InChI is InChI=1S/C28H29N3O5S/c29-28(34)20-15-16-25(21(17-20)18-26(32)30-22-11-5-2-6-12-22)37(35,36)31-24-14-8-7-13-23(24)27(33)19-9-3-1-4-10-19/h1,3-4,7-10,13-17,22,31H,2,5-6,11-12,18H2,(H2,29,34)(H,30,32). The second kappa shape index (κ2) is 11.4. The van der Waals surface area contributed by atoms with Gasteiger partial charge in [0.2, 0.25) is 11.8 Å². The van der Waals surface area contributed by atoms with Gasteiger partial charge in [-0.1, -0.05) is 61.7 Å². The highest BCUT2D eigenvalue weighted by atomic mass is 32.2. The Labute approximate surface area is 216 Å². The Morgan fingerprint density at radius 3 is 2.22 bits per heavy atom. The number of carbonyl (C=O) groups is 3. The van der Waals surface area contributed by atoms with Gasteiger partial charge in [0.15, 0.2) is 5.78 Å². The Morgan fingerprint density at radius 2 is 1.51 bits per heavy atom. The van der Waals surface area contributed by atoms with Crippen molar-refractivity contribution in [1.29, 1.82) is 0 Å². The van der Waals surface area contributed by atoms with Gasteiger partial charge in [0, 0.05) is 22.7 Å². The van der Waals surface area contributed by atoms with E-state index in [1.165, 1.54) is 24.3 Å². The van der Waals surface area contributed by atoms with E-state index < -0.39 is 15.9 Å². The van der Waals surface area contributed by atoms with Gasteiger partial charge in [0.25, 0.3) is 10.0 Å². The number of benzene rings is 3. The van der Waals surface area contributed by atoms with Crippen molar-refractivity contribution in [2.45, 2.75) is 49.5 Å². The molecule has 0 aromatic heterocycles. The van der Waals surface area contributed by atoms with Gasteiger partial charge in [-0.2, -0.15) is 0 Å². The van der Waals surface area contributed by atoms with E-state index in [1.807, 2.05) is 0 Å². The molecular formula is C28H29N3O5S. The lowest BCUT2D eigenvalue weighted by atomic mass is 9.95. The molecule has 0 unspecified atom stereocenters. The maximum atomic E-state index is 13.5. The number of carbonyl (C=O) groups excluding carboxylic acids is 3. The first kappa shape index (κ1) is 26.1. The van der Waals surface area contributed by atoms with E-state index in [2.05, 4.69) is 10.0 Å². The monoisotopic (exact) mass is 519 g/mol. The highest BCUT2D eigenvalue weighted by Crippen LogP contribution is 2.26. The third-order valence-electron chi connectivity index (χ3n) is 6.41. The molecular weight excluding hydrogens is 490 g/mol. The second-order valence-electron chi connectivity index (χ2n) is 9.11. The van der Waals surface area contributed by atoms with Gasteiger partial charge in [0.1, 0.15) is 0 Å². The van der Waals surface area contributed by atoms with E-state index >= 15 is 0 Å². The maximum absolute atomic E-state index is 13.5. The first-order chi connectivity index (χ1) is 17.7. The van der Waals surface area contributed by atoms with Crippen molar-refractivity contribution in [2.75, 3.05) is 4.72 Å². The van der Waals surface area contributed by atoms with Crippen LogP contribution in [-0.4, -0.2) is 32.1 Å². The largest absolute Gasteiger partial charge is 0.366 e. The number of rotatable bonds is 9. The first-order valence-corrected chi connectivity index (χ1v) is 13.7. The summed E-state index contributed by atoms with van der Waals surface area (Å²) < 4.78 is 29.5. The SMILES string of the molecule is NC(=O)c1ccc(S(=O)(=O)Nc2ccccc2C(=O)c2ccccc2)c(CC(=O)NC2CCCCC2)c1. The summed E-state index contributed by atoms with van der Waals surface area (Å²) in [7, 11) is -4.24. The van der Waals surface area contributed by atoms with Crippen LogP contribution in [0.2, 0.25) is 0 Å². The fraction of sp³-hybridized carbons (Fsp3) is 0.250. The molecule has 1 fully saturated rings. The van der Waals surface area contributed by atoms with E-state index in [0.717, 1.165) is 32.1 Å². The van der Waals surface area contributed by atoms with Crippen LogP contribution in [0.25, 0.3) is 0 Å². The Kier molecular flexibility index (Phi) is 8.03. The normalized spacial score (nSPS) is 14.1. The molecule has 3 aromatic rings. The molecule has 9 heteroatoms. The van der Waals surface area contributed by atoms with Gasteiger partial charge in [0.05, 0.1) is 17.0 Å². The molecule has 4 N–H and O–H groups in total. The Balaban J connectivity index is 1.64. The number of para-hydroxylation sites is 1. The van der Waals surface area contributed by atoms with Crippen molar-refractivity contribution in [3.63, 3.8) is 0 Å². The lowest BCUT2D eigenvalue weighted by molar-refractivity contribution is -0.121. The van der Waals surface area contributed by atoms with E-state index in [9.17, 15) is 22.8 Å². The van der Waals surface area contributed by atoms with Crippen LogP contribution >= 0.6 is 0 Å². The van der Waals surface area contributed by atoms with E-state index in [4.69, 9.17) is 5.73 Å². The number of hydrogen-bond acceptors (Lipinski definition) is 5. The van der Waals surface area contributed by atoms with Crippen LogP contribution in [0.15, 0.2) is 77.7 Å². The summed E-state index contributed by atoms with van der Waals surface area (Å²) >= 11 is 0. The Morgan fingerprint density at radius 1 is 0.838 bits per heavy atom. The fourth-order valence-electron chi connectivity index (χ4n) is 4.55. The summed E-state index contributed by atoms with van der Waals surface area (Å²) in [4.78, 5) is 37.5. The molecule has 8 nitrogen and oxygen atoms in total. The van der Waals surface area contributed by atoms with Gasteiger partial charge in [-0.15, -0.1) is 0 Å². The van der Waals surface area contributed by atoms with Crippen molar-refractivity contribution in [3.05, 3.63) is 95.1 Å². The number of primary amides is 1. The topological polar surface area (TPSA) is 135 Å². The molecule has 37 heavy (non-hydrogen) atoms. The quantitative estimate of drug-likeness (QED) is 0.370. The number of nitrogens with two attached hydrogens (primary N) is 1. The summed E-state index contributed by atoms with van der Waals surface area (Å²) in [5, 5.41) is 2.97. The molecule has 1 saturated carbocycles. The minimum Gasteiger partial charge on any atom is -0.366 e. The predicted molar refractivity (Wildman–Crippen MR) is 141 cm³/mol. The van der Waals surface area contributed by atoms with E-state index in [0.29, 0.717) is 5.56 Å². The van der Waals surface area contributed by atoms with Crippen LogP contribution in [0.5, 0.6) is 0 Å². The number of anilines is 1. The van der Waals surface area contributed by atoms with Crippen molar-refractivity contribution < 1.29 is 22.8 Å². The first-order valence-electron chi connectivity index (χ1n) is 12.2. The van der Waals surface area contributed by atoms with Crippen LogP contribution in [0.3, 0.4) is 0 Å². The fourth-order valence-corrected chi connectivity index (χ4v) is 5.85. The molecule has 1 aliphatic rings. The highest BCUT2D eigenvalue weighted by molar-refractivity contribution is 7.92. The minimum atomic E-state index is -4.24. The zero-order valence-corrected chi connectivity index (χ0v) is 21.1. The third kappa shape index (κ3) is 6.42. The summed E-state index contributed by atoms with van der Waals surface area (Å²) in [6.45, 7) is 0. The zero-order chi connectivity index (χ0) is 26.4. The van der Waals surface area contributed by atoms with Gasteiger partial charge >= 0.3 is 0 Å². The molecule has 0 saturated heterocycles. The highest BCUT2D eigenvalue weighted by Gasteiger charge is 2.25. The van der Waals surface area contributed by atoms with Crippen LogP contribution in [0, 0.1) is 0 Å². The van der Waals surface area contributed by atoms with Crippen LogP contribution in [-0.2, 0) is 21.2 Å². The summed E-state index contributed by atoms with van der Waals surface area (Å²) in [5.74, 6) is -1.40. The van der Waals surface area contributed by atoms with Gasteiger partial charge < -0.3 is 11.1 Å². The van der Waals surface area contributed by atoms with Crippen molar-refractivity contribution in [3.8, 4) is 0 Å². The molecule has 3 aromatic carbocycles. The van der Waals surface area contributed by atoms with Crippen molar-refractivity contribution >= 4 is 33.3 Å². The number of sulfonamides is 1. The van der Waals surface area contributed by atoms with Crippen LogP contribution < -0.4 is 15.8 Å².